The van der Waals surface area contributed by atoms with Gasteiger partial charge in [-0.1, -0.05) is 30.3 Å². The molecule has 27 heavy (non-hydrogen) atoms. The fourth-order valence-electron chi connectivity index (χ4n) is 2.59. The van der Waals surface area contributed by atoms with Crippen molar-refractivity contribution < 1.29 is 14.3 Å². The van der Waals surface area contributed by atoms with E-state index in [1.807, 2.05) is 49.5 Å². The molecule has 0 saturated heterocycles. The van der Waals surface area contributed by atoms with E-state index < -0.39 is 17.7 Å². The maximum atomic E-state index is 12.8. The lowest BCUT2D eigenvalue weighted by Gasteiger charge is -2.24. The van der Waals surface area contributed by atoms with Gasteiger partial charge in [-0.3, -0.25) is 9.48 Å². The van der Waals surface area contributed by atoms with Crippen LogP contribution in [0.4, 0.5) is 4.79 Å². The van der Waals surface area contributed by atoms with Crippen LogP contribution in [0.3, 0.4) is 0 Å². The number of carbonyl (C=O) groups excluding carboxylic acids is 2. The Labute approximate surface area is 160 Å². The quantitative estimate of drug-likeness (QED) is 0.782. The predicted molar refractivity (Wildman–Crippen MR) is 103 cm³/mol. The van der Waals surface area contributed by atoms with Gasteiger partial charge in [-0.15, -0.1) is 0 Å². The number of benzene rings is 1. The molecule has 2 atom stereocenters. The summed E-state index contributed by atoms with van der Waals surface area (Å²) in [6.45, 7) is 7.79. The molecule has 2 aromatic rings. The van der Waals surface area contributed by atoms with Crippen molar-refractivity contribution in [2.75, 3.05) is 0 Å². The number of rotatable bonds is 7. The zero-order valence-corrected chi connectivity index (χ0v) is 16.3. The third kappa shape index (κ3) is 7.52. The second kappa shape index (κ2) is 9.21. The van der Waals surface area contributed by atoms with Gasteiger partial charge in [0.25, 0.3) is 0 Å². The first-order chi connectivity index (χ1) is 12.7. The topological polar surface area (TPSA) is 85.3 Å². The number of nitrogens with one attached hydrogen (secondary N) is 2. The average molecular weight is 372 g/mol. The first-order valence-corrected chi connectivity index (χ1v) is 9.04. The molecule has 0 fully saturated rings. The van der Waals surface area contributed by atoms with E-state index in [9.17, 15) is 9.59 Å². The highest BCUT2D eigenvalue weighted by molar-refractivity contribution is 5.86. The van der Waals surface area contributed by atoms with Crippen molar-refractivity contribution in [1.29, 1.82) is 0 Å². The monoisotopic (exact) mass is 372 g/mol. The van der Waals surface area contributed by atoms with Crippen LogP contribution in [0.2, 0.25) is 0 Å². The summed E-state index contributed by atoms with van der Waals surface area (Å²) in [5.41, 5.74) is 0.319. The molecule has 0 bridgehead atoms. The lowest BCUT2D eigenvalue weighted by atomic mass is 10.1. The molecule has 0 spiro atoms. The lowest BCUT2D eigenvalue weighted by Crippen LogP contribution is -2.51. The Hall–Kier alpha value is -2.83. The van der Waals surface area contributed by atoms with E-state index in [1.165, 1.54) is 0 Å². The third-order valence-corrected chi connectivity index (χ3v) is 3.70. The molecular weight excluding hydrogens is 344 g/mol. The van der Waals surface area contributed by atoms with Gasteiger partial charge in [-0.2, -0.15) is 5.10 Å². The van der Waals surface area contributed by atoms with E-state index >= 15 is 0 Å². The van der Waals surface area contributed by atoms with Crippen LogP contribution >= 0.6 is 0 Å². The maximum absolute atomic E-state index is 12.8. The predicted octanol–water partition coefficient (Wildman–Crippen LogP) is 2.52. The summed E-state index contributed by atoms with van der Waals surface area (Å²) in [5.74, 6) is -0.260. The number of aromatic nitrogens is 2. The molecule has 0 saturated carbocycles. The second-order valence-electron chi connectivity index (χ2n) is 7.53. The van der Waals surface area contributed by atoms with Gasteiger partial charge in [0.15, 0.2) is 0 Å². The minimum absolute atomic E-state index is 0.142. The number of nitrogens with zero attached hydrogens (tertiary/aromatic N) is 2. The first kappa shape index (κ1) is 20.5. The first-order valence-electron chi connectivity index (χ1n) is 9.04. The van der Waals surface area contributed by atoms with Crippen molar-refractivity contribution in [3.8, 4) is 0 Å². The number of amides is 2. The van der Waals surface area contributed by atoms with Gasteiger partial charge in [0.05, 0.1) is 6.54 Å². The number of hydrogen-bond acceptors (Lipinski definition) is 4. The normalized spacial score (nSPS) is 13.5. The van der Waals surface area contributed by atoms with Crippen molar-refractivity contribution in [2.45, 2.75) is 58.3 Å². The van der Waals surface area contributed by atoms with Crippen LogP contribution in [0.5, 0.6) is 0 Å². The van der Waals surface area contributed by atoms with Crippen LogP contribution in [-0.4, -0.2) is 39.5 Å². The highest BCUT2D eigenvalue weighted by Gasteiger charge is 2.25. The lowest BCUT2D eigenvalue weighted by molar-refractivity contribution is -0.123. The Balaban J connectivity index is 2.02. The van der Waals surface area contributed by atoms with Crippen molar-refractivity contribution in [2.24, 2.45) is 0 Å². The highest BCUT2D eigenvalue weighted by atomic mass is 16.6. The number of hydrogen-bond donors (Lipinski definition) is 2. The Morgan fingerprint density at radius 3 is 2.44 bits per heavy atom. The molecule has 1 heterocycles. The average Bonchev–Trinajstić information content (AvgIpc) is 3.06. The molecule has 0 aliphatic rings. The van der Waals surface area contributed by atoms with E-state index in [0.717, 1.165) is 5.56 Å². The minimum atomic E-state index is -0.734. The van der Waals surface area contributed by atoms with Gasteiger partial charge in [-0.05, 0) is 39.3 Å². The number of carbonyl (C=O) groups is 2. The van der Waals surface area contributed by atoms with Gasteiger partial charge in [0.1, 0.15) is 11.6 Å². The highest BCUT2D eigenvalue weighted by Crippen LogP contribution is 2.09. The minimum Gasteiger partial charge on any atom is -0.444 e. The van der Waals surface area contributed by atoms with Gasteiger partial charge in [0.2, 0.25) is 5.91 Å². The fraction of sp³-hybridized carbons (Fsp3) is 0.450. The van der Waals surface area contributed by atoms with Gasteiger partial charge in [-0.25, -0.2) is 4.79 Å². The molecule has 146 valence electrons. The molecule has 2 amide bonds. The molecular formula is C20H28N4O3. The van der Waals surface area contributed by atoms with Crippen LogP contribution in [0.1, 0.15) is 33.3 Å². The summed E-state index contributed by atoms with van der Waals surface area (Å²) in [6.07, 6.45) is 3.29. The van der Waals surface area contributed by atoms with Crippen molar-refractivity contribution in [3.05, 3.63) is 54.4 Å². The molecule has 2 N–H and O–H groups in total. The largest absolute Gasteiger partial charge is 0.444 e. The smallest absolute Gasteiger partial charge is 0.408 e. The molecule has 0 unspecified atom stereocenters. The van der Waals surface area contributed by atoms with Gasteiger partial charge < -0.3 is 15.4 Å². The Morgan fingerprint density at radius 1 is 1.15 bits per heavy atom. The summed E-state index contributed by atoms with van der Waals surface area (Å²) in [4.78, 5) is 25.0. The summed E-state index contributed by atoms with van der Waals surface area (Å²) in [6, 6.07) is 10.5. The molecule has 7 nitrogen and oxygen atoms in total. The molecule has 0 aliphatic carbocycles. The van der Waals surface area contributed by atoms with Crippen LogP contribution in [0, 0.1) is 0 Å². The van der Waals surface area contributed by atoms with Crippen molar-refractivity contribution >= 4 is 12.0 Å². The van der Waals surface area contributed by atoms with Crippen molar-refractivity contribution in [1.82, 2.24) is 20.4 Å². The summed E-state index contributed by atoms with van der Waals surface area (Å²) < 4.78 is 7.05. The molecule has 7 heteroatoms. The number of ether oxygens (including phenoxy) is 1. The Morgan fingerprint density at radius 2 is 1.85 bits per heavy atom. The Bertz CT molecular complexity index is 723. The van der Waals surface area contributed by atoms with Crippen LogP contribution in [0.25, 0.3) is 0 Å². The third-order valence-electron chi connectivity index (χ3n) is 3.70. The second-order valence-corrected chi connectivity index (χ2v) is 7.53. The molecule has 2 rings (SSSR count). The SMILES string of the molecule is C[C@@H](Cn1cccn1)NC(=O)[C@@H](Cc1ccccc1)NC(=O)OC(C)(C)C. The zero-order valence-electron chi connectivity index (χ0n) is 16.3. The van der Waals surface area contributed by atoms with Crippen LogP contribution < -0.4 is 10.6 Å². The van der Waals surface area contributed by atoms with Crippen molar-refractivity contribution in [3.63, 3.8) is 0 Å². The van der Waals surface area contributed by atoms with E-state index in [4.69, 9.17) is 4.74 Å². The maximum Gasteiger partial charge on any atom is 0.408 e. The van der Waals surface area contributed by atoms with E-state index in [2.05, 4.69) is 15.7 Å². The standard InChI is InChI=1S/C20H28N4O3/c1-15(14-24-12-8-11-21-24)22-18(25)17(13-16-9-6-5-7-10-16)23-19(26)27-20(2,3)4/h5-12,15,17H,13-14H2,1-4H3,(H,22,25)(H,23,26)/t15-,17+/m0/s1. The van der Waals surface area contributed by atoms with E-state index in [0.29, 0.717) is 13.0 Å². The van der Waals surface area contributed by atoms with Crippen LogP contribution in [-0.2, 0) is 22.5 Å². The molecule has 1 aromatic carbocycles. The van der Waals surface area contributed by atoms with E-state index in [1.54, 1.807) is 31.6 Å². The Kier molecular flexibility index (Phi) is 6.98. The number of alkyl carbamates (subject to hydrolysis) is 1. The van der Waals surface area contributed by atoms with Crippen LogP contribution in [0.15, 0.2) is 48.8 Å². The van der Waals surface area contributed by atoms with E-state index in [-0.39, 0.29) is 11.9 Å². The fourth-order valence-corrected chi connectivity index (χ4v) is 2.59. The summed E-state index contributed by atoms with van der Waals surface area (Å²) in [5, 5.41) is 9.77. The molecule has 1 aromatic heterocycles. The zero-order chi connectivity index (χ0) is 19.9. The van der Waals surface area contributed by atoms with Gasteiger partial charge >= 0.3 is 6.09 Å². The summed E-state index contributed by atoms with van der Waals surface area (Å²) >= 11 is 0. The van der Waals surface area contributed by atoms with Gasteiger partial charge in [0, 0.05) is 24.9 Å². The summed E-state index contributed by atoms with van der Waals surface area (Å²) in [7, 11) is 0. The molecule has 0 aliphatic heterocycles. The molecule has 0 radical (unpaired) electrons.